The van der Waals surface area contributed by atoms with E-state index in [9.17, 15) is 4.79 Å². The lowest BCUT2D eigenvalue weighted by Crippen LogP contribution is -2.07. The Balaban J connectivity index is 3.08. The van der Waals surface area contributed by atoms with Crippen LogP contribution in [0.3, 0.4) is 0 Å². The first-order chi connectivity index (χ1) is 9.45. The molecule has 0 spiro atoms. The number of halogens is 4. The van der Waals surface area contributed by atoms with Crippen LogP contribution in [0, 0.1) is 0 Å². The van der Waals surface area contributed by atoms with E-state index in [0.717, 1.165) is 25.3 Å². The van der Waals surface area contributed by atoms with E-state index in [2.05, 4.69) is 15.9 Å². The summed E-state index contributed by atoms with van der Waals surface area (Å²) in [4.78, 5) is 10.8. The molecule has 0 aromatic rings. The van der Waals surface area contributed by atoms with Crippen molar-refractivity contribution in [1.82, 2.24) is 0 Å². The van der Waals surface area contributed by atoms with Crippen LogP contribution in [-0.4, -0.2) is 23.9 Å². The second-order valence-electron chi connectivity index (χ2n) is 4.90. The number of esters is 1. The molecular formula is C13H24BrCl3O2Si. The van der Waals surface area contributed by atoms with Crippen molar-refractivity contribution in [3.05, 3.63) is 0 Å². The van der Waals surface area contributed by atoms with Crippen molar-refractivity contribution in [2.75, 3.05) is 11.9 Å². The molecule has 7 heteroatoms. The van der Waals surface area contributed by atoms with Gasteiger partial charge in [0.15, 0.2) is 0 Å². The third-order valence-corrected chi connectivity index (χ3v) is 6.06. The average molecular weight is 427 g/mol. The number of carbonyl (C=O) groups is 1. The number of ether oxygens (including phenoxy) is 1. The maximum atomic E-state index is 10.8. The lowest BCUT2D eigenvalue weighted by Gasteiger charge is -2.07. The van der Waals surface area contributed by atoms with Gasteiger partial charge in [0.2, 0.25) is 0 Å². The molecule has 0 rings (SSSR count). The molecule has 120 valence electrons. The SMILES string of the molecule is O=C(CBr)OCCCCCCCCCCC[Si](Cl)(Cl)Cl. The Morgan fingerprint density at radius 2 is 1.30 bits per heavy atom. The Labute approximate surface area is 146 Å². The third kappa shape index (κ3) is 17.1. The van der Waals surface area contributed by atoms with Gasteiger partial charge < -0.3 is 4.74 Å². The van der Waals surface area contributed by atoms with Gasteiger partial charge in [0.25, 0.3) is 0 Å². The molecule has 0 aliphatic heterocycles. The topological polar surface area (TPSA) is 26.3 Å². The number of carbonyl (C=O) groups excluding carboxylic acids is 1. The lowest BCUT2D eigenvalue weighted by atomic mass is 10.1. The van der Waals surface area contributed by atoms with Crippen LogP contribution in [0.5, 0.6) is 0 Å². The lowest BCUT2D eigenvalue weighted by molar-refractivity contribution is -0.140. The Morgan fingerprint density at radius 3 is 1.75 bits per heavy atom. The van der Waals surface area contributed by atoms with E-state index in [4.69, 9.17) is 38.0 Å². The maximum Gasteiger partial charge on any atom is 0.341 e. The van der Waals surface area contributed by atoms with Crippen molar-refractivity contribution < 1.29 is 9.53 Å². The molecule has 2 nitrogen and oxygen atoms in total. The molecular weight excluding hydrogens is 402 g/mol. The van der Waals surface area contributed by atoms with Crippen molar-refractivity contribution in [3.8, 4) is 0 Å². The first-order valence-electron chi connectivity index (χ1n) is 7.24. The quantitative estimate of drug-likeness (QED) is 0.117. The van der Waals surface area contributed by atoms with Gasteiger partial charge >= 0.3 is 12.0 Å². The van der Waals surface area contributed by atoms with Gasteiger partial charge in [-0.05, 0) is 12.5 Å². The number of hydrogen-bond donors (Lipinski definition) is 0. The van der Waals surface area contributed by atoms with E-state index in [1.807, 2.05) is 0 Å². The first-order valence-corrected chi connectivity index (χ1v) is 13.6. The molecule has 0 aromatic carbocycles. The van der Waals surface area contributed by atoms with Crippen LogP contribution >= 0.6 is 49.2 Å². The molecule has 0 aromatic heterocycles. The van der Waals surface area contributed by atoms with Crippen LogP contribution in [0.4, 0.5) is 0 Å². The van der Waals surface area contributed by atoms with Crippen molar-refractivity contribution in [1.29, 1.82) is 0 Å². The van der Waals surface area contributed by atoms with E-state index >= 15 is 0 Å². The van der Waals surface area contributed by atoms with Crippen molar-refractivity contribution >= 4 is 61.1 Å². The van der Waals surface area contributed by atoms with Crippen molar-refractivity contribution in [2.24, 2.45) is 0 Å². The monoisotopic (exact) mass is 424 g/mol. The van der Waals surface area contributed by atoms with Crippen molar-refractivity contribution in [2.45, 2.75) is 63.8 Å². The summed E-state index contributed by atoms with van der Waals surface area (Å²) in [5, 5.41) is 0.285. The number of hydrogen-bond acceptors (Lipinski definition) is 2. The second kappa shape index (κ2) is 13.7. The highest BCUT2D eigenvalue weighted by Crippen LogP contribution is 2.27. The van der Waals surface area contributed by atoms with Crippen LogP contribution in [0.1, 0.15) is 57.8 Å². The number of rotatable bonds is 13. The summed E-state index contributed by atoms with van der Waals surface area (Å²) in [6.45, 7) is 0.547. The third-order valence-electron chi connectivity index (χ3n) is 2.98. The highest BCUT2D eigenvalue weighted by molar-refractivity contribution is 9.09. The minimum absolute atomic E-state index is 0.178. The molecule has 0 aliphatic rings. The molecule has 0 aliphatic carbocycles. The Hall–Kier alpha value is 1.04. The Kier molecular flexibility index (Phi) is 14.4. The highest BCUT2D eigenvalue weighted by Gasteiger charge is 2.23. The van der Waals surface area contributed by atoms with Crippen LogP contribution in [0.25, 0.3) is 0 Å². The van der Waals surface area contributed by atoms with Crippen molar-refractivity contribution in [3.63, 3.8) is 0 Å². The normalized spacial score (nSPS) is 11.6. The van der Waals surface area contributed by atoms with Crippen LogP contribution < -0.4 is 0 Å². The molecule has 0 amide bonds. The Morgan fingerprint density at radius 1 is 0.850 bits per heavy atom. The van der Waals surface area contributed by atoms with Crippen LogP contribution in [-0.2, 0) is 9.53 Å². The van der Waals surface area contributed by atoms with E-state index < -0.39 is 6.00 Å². The molecule has 0 atom stereocenters. The zero-order valence-corrected chi connectivity index (χ0v) is 16.7. The standard InChI is InChI=1S/C13H24BrCl3O2Si/c14-12-13(18)19-10-8-6-4-2-1-3-5-7-9-11-20(15,16)17/h1-12H2. The zero-order valence-electron chi connectivity index (χ0n) is 11.8. The van der Waals surface area contributed by atoms with Gasteiger partial charge in [-0.3, -0.25) is 4.79 Å². The minimum Gasteiger partial charge on any atom is -0.465 e. The summed E-state index contributed by atoms with van der Waals surface area (Å²) in [5.41, 5.74) is 0. The second-order valence-corrected chi connectivity index (χ2v) is 14.7. The number of alkyl halides is 1. The summed E-state index contributed by atoms with van der Waals surface area (Å²) in [7, 11) is 0. The predicted octanol–water partition coefficient (Wildman–Crippen LogP) is 6.09. The molecule has 0 N–H and O–H groups in total. The molecule has 0 bridgehead atoms. The van der Waals surface area contributed by atoms with Crippen LogP contribution in [0.15, 0.2) is 0 Å². The van der Waals surface area contributed by atoms with E-state index in [1.165, 1.54) is 38.5 Å². The largest absolute Gasteiger partial charge is 0.465 e. The molecule has 0 radical (unpaired) electrons. The fraction of sp³-hybridized carbons (Fsp3) is 0.923. The van der Waals surface area contributed by atoms with Gasteiger partial charge in [-0.2, -0.15) is 0 Å². The fourth-order valence-corrected chi connectivity index (χ4v) is 3.90. The Bertz CT molecular complexity index is 250. The average Bonchev–Trinajstić information content (AvgIpc) is 2.38. The summed E-state index contributed by atoms with van der Waals surface area (Å²) in [6.07, 6.45) is 10.6. The van der Waals surface area contributed by atoms with Gasteiger partial charge in [0, 0.05) is 0 Å². The van der Waals surface area contributed by atoms with Gasteiger partial charge in [0.05, 0.1) is 6.61 Å². The summed E-state index contributed by atoms with van der Waals surface area (Å²) < 4.78 is 4.98. The molecule has 0 heterocycles. The van der Waals surface area contributed by atoms with Gasteiger partial charge in [-0.15, -0.1) is 33.2 Å². The van der Waals surface area contributed by atoms with E-state index in [1.54, 1.807) is 0 Å². The predicted molar refractivity (Wildman–Crippen MR) is 94.4 cm³/mol. The summed E-state index contributed by atoms with van der Waals surface area (Å²) in [5.74, 6) is -0.178. The maximum absolute atomic E-state index is 10.8. The first kappa shape index (κ1) is 21.0. The molecule has 0 unspecified atom stereocenters. The van der Waals surface area contributed by atoms with Gasteiger partial charge in [-0.25, -0.2) is 0 Å². The molecule has 0 saturated carbocycles. The van der Waals surface area contributed by atoms with E-state index in [0.29, 0.717) is 6.61 Å². The minimum atomic E-state index is -2.38. The number of unbranched alkanes of at least 4 members (excludes halogenated alkanes) is 8. The summed E-state index contributed by atoms with van der Waals surface area (Å²) >= 11 is 20.5. The van der Waals surface area contributed by atoms with Gasteiger partial charge in [-0.1, -0.05) is 67.3 Å². The summed E-state index contributed by atoms with van der Waals surface area (Å²) in [6, 6.07) is -1.60. The fourth-order valence-electron chi connectivity index (χ4n) is 1.89. The zero-order chi connectivity index (χ0) is 15.3. The molecule has 0 fully saturated rings. The molecule has 20 heavy (non-hydrogen) atoms. The smallest absolute Gasteiger partial charge is 0.341 e. The highest BCUT2D eigenvalue weighted by atomic mass is 79.9. The van der Waals surface area contributed by atoms with E-state index in [-0.39, 0.29) is 11.3 Å². The molecule has 0 saturated heterocycles. The van der Waals surface area contributed by atoms with Gasteiger partial charge in [0.1, 0.15) is 5.33 Å². The van der Waals surface area contributed by atoms with Crippen LogP contribution in [0.2, 0.25) is 6.04 Å².